The van der Waals surface area contributed by atoms with Crippen molar-refractivity contribution in [3.63, 3.8) is 0 Å². The lowest BCUT2D eigenvalue weighted by Crippen LogP contribution is -2.17. The third kappa shape index (κ3) is 7.61. The molecule has 0 unspecified atom stereocenters. The van der Waals surface area contributed by atoms with Gasteiger partial charge in [-0.1, -0.05) is 51.2 Å². The highest BCUT2D eigenvalue weighted by molar-refractivity contribution is 7.09. The van der Waals surface area contributed by atoms with E-state index in [0.29, 0.717) is 5.56 Å². The first-order chi connectivity index (χ1) is 15.7. The van der Waals surface area contributed by atoms with E-state index in [1.807, 2.05) is 48.7 Å². The molecule has 0 saturated heterocycles. The van der Waals surface area contributed by atoms with Gasteiger partial charge < -0.3 is 4.74 Å². The third-order valence-electron chi connectivity index (χ3n) is 5.09. The second-order valence-electron chi connectivity index (χ2n) is 7.71. The first kappa shape index (κ1) is 23.7. The van der Waals surface area contributed by atoms with Crippen LogP contribution in [0, 0.1) is 6.92 Å². The summed E-state index contributed by atoms with van der Waals surface area (Å²) < 4.78 is 5.79. The summed E-state index contributed by atoms with van der Waals surface area (Å²) in [6.07, 6.45) is 9.13. The number of thiazole rings is 1. The Morgan fingerprint density at radius 1 is 1.03 bits per heavy atom. The molecule has 2 aromatic carbocycles. The highest BCUT2D eigenvalue weighted by Gasteiger charge is 2.06. The van der Waals surface area contributed by atoms with Gasteiger partial charge in [0.25, 0.3) is 5.91 Å². The molecular weight excluding hydrogens is 418 g/mol. The lowest BCUT2D eigenvalue weighted by Gasteiger charge is -2.06. The van der Waals surface area contributed by atoms with Gasteiger partial charge in [0.1, 0.15) is 5.75 Å². The monoisotopic (exact) mass is 449 g/mol. The van der Waals surface area contributed by atoms with Crippen molar-refractivity contribution in [1.29, 1.82) is 0 Å². The summed E-state index contributed by atoms with van der Waals surface area (Å²) in [5.41, 5.74) is 5.94. The second kappa shape index (κ2) is 12.8. The fourth-order valence-corrected chi connectivity index (χ4v) is 3.86. The van der Waals surface area contributed by atoms with Gasteiger partial charge in [-0.25, -0.2) is 10.4 Å². The van der Waals surface area contributed by atoms with Crippen LogP contribution in [-0.2, 0) is 0 Å². The van der Waals surface area contributed by atoms with E-state index >= 15 is 0 Å². The van der Waals surface area contributed by atoms with Crippen LogP contribution >= 0.6 is 11.3 Å². The maximum atomic E-state index is 12.3. The summed E-state index contributed by atoms with van der Waals surface area (Å²) in [6, 6.07) is 15.1. The molecule has 32 heavy (non-hydrogen) atoms. The maximum absolute atomic E-state index is 12.3. The number of hydrogen-bond acceptors (Lipinski definition) is 5. The van der Waals surface area contributed by atoms with Crippen molar-refractivity contribution in [1.82, 2.24) is 10.4 Å². The van der Waals surface area contributed by atoms with Gasteiger partial charge in [0.15, 0.2) is 0 Å². The molecular formula is C26H31N3O2S. The average molecular weight is 450 g/mol. The topological polar surface area (TPSA) is 63.6 Å². The van der Waals surface area contributed by atoms with Crippen LogP contribution < -0.4 is 10.2 Å². The Kier molecular flexibility index (Phi) is 9.44. The van der Waals surface area contributed by atoms with Gasteiger partial charge in [0.05, 0.1) is 23.5 Å². The molecule has 6 heteroatoms. The molecule has 1 amide bonds. The minimum atomic E-state index is -0.249. The van der Waals surface area contributed by atoms with Crippen molar-refractivity contribution in [2.45, 2.75) is 52.4 Å². The van der Waals surface area contributed by atoms with Crippen LogP contribution in [-0.4, -0.2) is 23.7 Å². The lowest BCUT2D eigenvalue weighted by molar-refractivity contribution is 0.0955. The molecule has 0 spiro atoms. The highest BCUT2D eigenvalue weighted by Crippen LogP contribution is 2.21. The van der Waals surface area contributed by atoms with E-state index < -0.39 is 0 Å². The fourth-order valence-electron chi connectivity index (χ4n) is 3.24. The number of carbonyl (C=O) groups is 1. The predicted molar refractivity (Wildman–Crippen MR) is 133 cm³/mol. The Morgan fingerprint density at radius 2 is 1.75 bits per heavy atom. The summed E-state index contributed by atoms with van der Waals surface area (Å²) in [7, 11) is 0. The van der Waals surface area contributed by atoms with Crippen LogP contribution in [0.15, 0.2) is 59.0 Å². The number of unbranched alkanes of at least 4 members (excludes halogenated alkanes) is 5. The predicted octanol–water partition coefficient (Wildman–Crippen LogP) is 6.62. The molecule has 3 aromatic rings. The molecule has 0 radical (unpaired) electrons. The molecule has 1 N–H and O–H groups in total. The van der Waals surface area contributed by atoms with Crippen molar-refractivity contribution in [3.05, 3.63) is 70.0 Å². The number of benzene rings is 2. The zero-order valence-electron chi connectivity index (χ0n) is 18.8. The molecule has 0 saturated carbocycles. The van der Waals surface area contributed by atoms with Crippen molar-refractivity contribution in [2.75, 3.05) is 6.61 Å². The zero-order valence-corrected chi connectivity index (χ0v) is 19.7. The number of amides is 1. The third-order valence-corrected chi connectivity index (χ3v) is 5.86. The zero-order chi connectivity index (χ0) is 22.6. The van der Waals surface area contributed by atoms with Crippen molar-refractivity contribution in [3.8, 4) is 17.0 Å². The van der Waals surface area contributed by atoms with Crippen LogP contribution in [0.3, 0.4) is 0 Å². The van der Waals surface area contributed by atoms with Crippen molar-refractivity contribution in [2.24, 2.45) is 5.10 Å². The molecule has 1 heterocycles. The van der Waals surface area contributed by atoms with Gasteiger partial charge in [-0.3, -0.25) is 4.79 Å². The number of carbonyl (C=O) groups excluding carboxylic acids is 1. The molecule has 0 fully saturated rings. The average Bonchev–Trinajstić information content (AvgIpc) is 3.26. The molecule has 3 rings (SSSR count). The quantitative estimate of drug-likeness (QED) is 0.192. The van der Waals surface area contributed by atoms with E-state index in [0.717, 1.165) is 40.6 Å². The highest BCUT2D eigenvalue weighted by atomic mass is 32.1. The summed E-state index contributed by atoms with van der Waals surface area (Å²) in [5, 5.41) is 7.10. The lowest BCUT2D eigenvalue weighted by atomic mass is 10.1. The summed E-state index contributed by atoms with van der Waals surface area (Å²) in [4.78, 5) is 16.8. The van der Waals surface area contributed by atoms with E-state index in [1.165, 1.54) is 32.1 Å². The Bertz CT molecular complexity index is 995. The van der Waals surface area contributed by atoms with E-state index in [1.54, 1.807) is 29.7 Å². The van der Waals surface area contributed by atoms with Crippen LogP contribution in [0.1, 0.15) is 66.4 Å². The van der Waals surface area contributed by atoms with E-state index in [4.69, 9.17) is 4.74 Å². The van der Waals surface area contributed by atoms with Crippen LogP contribution in [0.4, 0.5) is 0 Å². The van der Waals surface area contributed by atoms with Gasteiger partial charge in [-0.15, -0.1) is 11.3 Å². The number of ether oxygens (including phenoxy) is 1. The van der Waals surface area contributed by atoms with Crippen LogP contribution in [0.25, 0.3) is 11.3 Å². The molecule has 1 aromatic heterocycles. The maximum Gasteiger partial charge on any atom is 0.271 e. The first-order valence-corrected chi connectivity index (χ1v) is 12.1. The Hall–Kier alpha value is -2.99. The molecule has 168 valence electrons. The van der Waals surface area contributed by atoms with E-state index in [2.05, 4.69) is 22.4 Å². The molecule has 5 nitrogen and oxygen atoms in total. The minimum Gasteiger partial charge on any atom is -0.494 e. The molecule has 0 aliphatic carbocycles. The van der Waals surface area contributed by atoms with E-state index in [-0.39, 0.29) is 5.91 Å². The van der Waals surface area contributed by atoms with E-state index in [9.17, 15) is 4.79 Å². The summed E-state index contributed by atoms with van der Waals surface area (Å²) >= 11 is 1.61. The standard InChI is InChI=1S/C26H31N3O2S/c1-3-4-5-6-7-8-17-31-24-15-9-21(10-16-24)18-27-29-26(30)23-13-11-22(12-14-23)25-19-32-20(2)28-25/h9-16,18-19H,3-8,17H2,1-2H3,(H,29,30)/b27-18+. The van der Waals surface area contributed by atoms with Gasteiger partial charge in [-0.2, -0.15) is 5.10 Å². The number of nitrogens with zero attached hydrogens (tertiary/aromatic N) is 2. The molecule has 0 aliphatic heterocycles. The molecule has 0 atom stereocenters. The fraction of sp³-hybridized carbons (Fsp3) is 0.346. The number of aromatic nitrogens is 1. The summed E-state index contributed by atoms with van der Waals surface area (Å²) in [5.74, 6) is 0.608. The summed E-state index contributed by atoms with van der Waals surface area (Å²) in [6.45, 7) is 4.95. The minimum absolute atomic E-state index is 0.249. The number of hydrazone groups is 1. The Morgan fingerprint density at radius 3 is 2.44 bits per heavy atom. The number of nitrogens with one attached hydrogen (secondary N) is 1. The van der Waals surface area contributed by atoms with Gasteiger partial charge in [0.2, 0.25) is 0 Å². The number of hydrogen-bond donors (Lipinski definition) is 1. The van der Waals surface area contributed by atoms with Gasteiger partial charge in [0, 0.05) is 16.5 Å². The van der Waals surface area contributed by atoms with Crippen LogP contribution in [0.2, 0.25) is 0 Å². The SMILES string of the molecule is CCCCCCCCOc1ccc(/C=N/NC(=O)c2ccc(-c3csc(C)n3)cc2)cc1. The van der Waals surface area contributed by atoms with Gasteiger partial charge in [-0.05, 0) is 55.3 Å². The first-order valence-electron chi connectivity index (χ1n) is 11.2. The number of aryl methyl sites for hydroxylation is 1. The normalized spacial score (nSPS) is 11.1. The second-order valence-corrected chi connectivity index (χ2v) is 8.78. The Labute approximate surface area is 194 Å². The van der Waals surface area contributed by atoms with Gasteiger partial charge >= 0.3 is 0 Å². The molecule has 0 bridgehead atoms. The van der Waals surface area contributed by atoms with Crippen molar-refractivity contribution >= 4 is 23.5 Å². The number of rotatable bonds is 12. The molecule has 0 aliphatic rings. The largest absolute Gasteiger partial charge is 0.494 e. The smallest absolute Gasteiger partial charge is 0.271 e. The van der Waals surface area contributed by atoms with Crippen molar-refractivity contribution < 1.29 is 9.53 Å². The Balaban J connectivity index is 1.41. The van der Waals surface area contributed by atoms with Crippen LogP contribution in [0.5, 0.6) is 5.75 Å².